The summed E-state index contributed by atoms with van der Waals surface area (Å²) in [5, 5.41) is 1.59. The fourth-order valence-electron chi connectivity index (χ4n) is 4.17. The van der Waals surface area contributed by atoms with Gasteiger partial charge in [0.2, 0.25) is 0 Å². The molecule has 166 valence electrons. The molecular weight excluding hydrogens is 403 g/mol. The van der Waals surface area contributed by atoms with E-state index in [1.165, 1.54) is 42.4 Å². The fourth-order valence-corrected chi connectivity index (χ4v) is 4.17. The third-order valence-corrected chi connectivity index (χ3v) is 6.26. The quantitative estimate of drug-likeness (QED) is 0.201. The Morgan fingerprint density at radius 1 is 0.667 bits per heavy atom. The summed E-state index contributed by atoms with van der Waals surface area (Å²) in [5.41, 5.74) is 6.29. The number of halogens is 1. The molecule has 0 nitrogen and oxygen atoms in total. The van der Waals surface area contributed by atoms with Crippen molar-refractivity contribution in [3.8, 4) is 23.0 Å². The van der Waals surface area contributed by atoms with Gasteiger partial charge in [-0.2, -0.15) is 0 Å². The van der Waals surface area contributed by atoms with Crippen LogP contribution in [0.1, 0.15) is 61.8 Å². The molecule has 0 aromatic heterocycles. The van der Waals surface area contributed by atoms with Crippen LogP contribution in [0.2, 0.25) is 0 Å². The number of hydrogen-bond donors (Lipinski definition) is 0. The van der Waals surface area contributed by atoms with Gasteiger partial charge in [-0.3, -0.25) is 0 Å². The standard InChI is InChI=1S/C32H31F/c1-3-5-6-7-8-26-14-22-31-30(23-26)21-20-29(32(31)33)19-13-25-11-17-28(18-12-25)27-15-9-24(4-2)10-16-27/h9-12,14-18,20-23H,3-8H2,1-2H3. The lowest BCUT2D eigenvalue weighted by Gasteiger charge is -2.06. The molecule has 0 saturated heterocycles. The van der Waals surface area contributed by atoms with E-state index < -0.39 is 0 Å². The van der Waals surface area contributed by atoms with Crippen molar-refractivity contribution in [2.75, 3.05) is 0 Å². The lowest BCUT2D eigenvalue weighted by Crippen LogP contribution is -1.90. The van der Waals surface area contributed by atoms with E-state index in [0.29, 0.717) is 10.9 Å². The minimum atomic E-state index is -0.231. The highest BCUT2D eigenvalue weighted by Gasteiger charge is 2.07. The molecule has 0 aliphatic heterocycles. The Morgan fingerprint density at radius 3 is 2.06 bits per heavy atom. The van der Waals surface area contributed by atoms with Crippen molar-refractivity contribution in [3.05, 3.63) is 107 Å². The zero-order chi connectivity index (χ0) is 23.0. The van der Waals surface area contributed by atoms with E-state index in [1.807, 2.05) is 24.3 Å². The summed E-state index contributed by atoms with van der Waals surface area (Å²) < 4.78 is 15.1. The Hall–Kier alpha value is -3.37. The van der Waals surface area contributed by atoms with Gasteiger partial charge in [-0.25, -0.2) is 4.39 Å². The SMILES string of the molecule is CCCCCCc1ccc2c(F)c(C#Cc3ccc(-c4ccc(CC)cc4)cc3)ccc2c1. The van der Waals surface area contributed by atoms with Crippen molar-refractivity contribution in [3.63, 3.8) is 0 Å². The number of benzene rings is 4. The minimum absolute atomic E-state index is 0.231. The van der Waals surface area contributed by atoms with Crippen LogP contribution in [0.4, 0.5) is 4.39 Å². The van der Waals surface area contributed by atoms with E-state index in [4.69, 9.17) is 0 Å². The third-order valence-electron chi connectivity index (χ3n) is 6.26. The molecule has 0 fully saturated rings. The lowest BCUT2D eigenvalue weighted by atomic mass is 10.00. The van der Waals surface area contributed by atoms with Crippen LogP contribution >= 0.6 is 0 Å². The summed E-state index contributed by atoms with van der Waals surface area (Å²) in [7, 11) is 0. The van der Waals surface area contributed by atoms with Crippen LogP contribution in [-0.2, 0) is 12.8 Å². The summed E-state index contributed by atoms with van der Waals surface area (Å²) in [6.45, 7) is 4.38. The Morgan fingerprint density at radius 2 is 1.36 bits per heavy atom. The molecule has 0 spiro atoms. The predicted molar refractivity (Wildman–Crippen MR) is 139 cm³/mol. The summed E-state index contributed by atoms with van der Waals surface area (Å²) in [6, 6.07) is 26.7. The van der Waals surface area contributed by atoms with Gasteiger partial charge in [0.25, 0.3) is 0 Å². The minimum Gasteiger partial charge on any atom is -0.205 e. The van der Waals surface area contributed by atoms with Gasteiger partial charge in [0, 0.05) is 10.9 Å². The molecule has 0 aliphatic carbocycles. The van der Waals surface area contributed by atoms with Crippen molar-refractivity contribution in [2.45, 2.75) is 52.4 Å². The highest BCUT2D eigenvalue weighted by molar-refractivity contribution is 5.85. The molecule has 0 unspecified atom stereocenters. The van der Waals surface area contributed by atoms with Crippen LogP contribution in [0.15, 0.2) is 78.9 Å². The van der Waals surface area contributed by atoms with Crippen LogP contribution < -0.4 is 0 Å². The van der Waals surface area contributed by atoms with Crippen LogP contribution in [0.3, 0.4) is 0 Å². The average Bonchev–Trinajstić information content (AvgIpc) is 2.87. The first-order valence-corrected chi connectivity index (χ1v) is 12.1. The summed E-state index contributed by atoms with van der Waals surface area (Å²) >= 11 is 0. The molecule has 4 rings (SSSR count). The maximum Gasteiger partial charge on any atom is 0.146 e. The maximum atomic E-state index is 15.1. The van der Waals surface area contributed by atoms with Crippen LogP contribution in [0.25, 0.3) is 21.9 Å². The molecule has 4 aromatic carbocycles. The zero-order valence-electron chi connectivity index (χ0n) is 19.6. The normalized spacial score (nSPS) is 10.8. The molecule has 0 heterocycles. The second kappa shape index (κ2) is 11.0. The maximum absolute atomic E-state index is 15.1. The highest BCUT2D eigenvalue weighted by atomic mass is 19.1. The second-order valence-corrected chi connectivity index (χ2v) is 8.67. The predicted octanol–water partition coefficient (Wildman–Crippen LogP) is 8.73. The van der Waals surface area contributed by atoms with Gasteiger partial charge in [0.1, 0.15) is 5.82 Å². The van der Waals surface area contributed by atoms with Crippen LogP contribution in [0, 0.1) is 17.7 Å². The number of rotatable bonds is 7. The Bertz CT molecular complexity index is 1270. The van der Waals surface area contributed by atoms with E-state index in [1.54, 1.807) is 6.07 Å². The summed E-state index contributed by atoms with van der Waals surface area (Å²) in [5.74, 6) is 5.93. The molecule has 33 heavy (non-hydrogen) atoms. The molecular formula is C32H31F. The summed E-state index contributed by atoms with van der Waals surface area (Å²) in [4.78, 5) is 0. The summed E-state index contributed by atoms with van der Waals surface area (Å²) in [6.07, 6.45) is 7.05. The number of hydrogen-bond acceptors (Lipinski definition) is 0. The van der Waals surface area contributed by atoms with E-state index in [2.05, 4.69) is 74.2 Å². The smallest absolute Gasteiger partial charge is 0.146 e. The zero-order valence-corrected chi connectivity index (χ0v) is 19.6. The van der Waals surface area contributed by atoms with Gasteiger partial charge in [-0.05, 0) is 65.1 Å². The monoisotopic (exact) mass is 434 g/mol. The Kier molecular flexibility index (Phi) is 7.59. The largest absolute Gasteiger partial charge is 0.205 e. The topological polar surface area (TPSA) is 0 Å². The van der Waals surface area contributed by atoms with E-state index in [0.717, 1.165) is 29.4 Å². The number of unbranched alkanes of at least 4 members (excludes halogenated alkanes) is 3. The van der Waals surface area contributed by atoms with Crippen LogP contribution in [-0.4, -0.2) is 0 Å². The van der Waals surface area contributed by atoms with Crippen molar-refractivity contribution in [1.82, 2.24) is 0 Å². The Balaban J connectivity index is 1.49. The number of aryl methyl sites for hydroxylation is 2. The van der Waals surface area contributed by atoms with Gasteiger partial charge in [0.05, 0.1) is 5.56 Å². The van der Waals surface area contributed by atoms with Gasteiger partial charge >= 0.3 is 0 Å². The van der Waals surface area contributed by atoms with E-state index >= 15 is 4.39 Å². The second-order valence-electron chi connectivity index (χ2n) is 8.67. The molecule has 1 heteroatoms. The van der Waals surface area contributed by atoms with E-state index in [9.17, 15) is 0 Å². The Labute approximate surface area is 197 Å². The molecule has 0 aliphatic rings. The van der Waals surface area contributed by atoms with Gasteiger partial charge < -0.3 is 0 Å². The molecule has 0 bridgehead atoms. The van der Waals surface area contributed by atoms with Crippen molar-refractivity contribution in [2.24, 2.45) is 0 Å². The molecule has 0 N–H and O–H groups in total. The molecule has 4 aromatic rings. The van der Waals surface area contributed by atoms with E-state index in [-0.39, 0.29) is 5.82 Å². The molecule has 0 amide bonds. The molecule has 0 radical (unpaired) electrons. The van der Waals surface area contributed by atoms with Crippen LogP contribution in [0.5, 0.6) is 0 Å². The van der Waals surface area contributed by atoms with Crippen molar-refractivity contribution < 1.29 is 4.39 Å². The fraction of sp³-hybridized carbons (Fsp3) is 0.250. The first kappa shape index (κ1) is 22.8. The van der Waals surface area contributed by atoms with Gasteiger partial charge in [-0.15, -0.1) is 0 Å². The van der Waals surface area contributed by atoms with Gasteiger partial charge in [0.15, 0.2) is 0 Å². The molecule has 0 saturated carbocycles. The average molecular weight is 435 g/mol. The highest BCUT2D eigenvalue weighted by Crippen LogP contribution is 2.24. The molecule has 0 atom stereocenters. The first-order chi connectivity index (χ1) is 16.2. The first-order valence-electron chi connectivity index (χ1n) is 12.1. The van der Waals surface area contributed by atoms with Crippen molar-refractivity contribution in [1.29, 1.82) is 0 Å². The number of fused-ring (bicyclic) bond motifs is 1. The third kappa shape index (κ3) is 5.71. The van der Waals surface area contributed by atoms with Crippen molar-refractivity contribution >= 4 is 10.8 Å². The lowest BCUT2D eigenvalue weighted by molar-refractivity contribution is 0.636. The van der Waals surface area contributed by atoms with Gasteiger partial charge in [-0.1, -0.05) is 106 Å².